The van der Waals surface area contributed by atoms with E-state index < -0.39 is 11.9 Å². The van der Waals surface area contributed by atoms with Crippen molar-refractivity contribution in [3.63, 3.8) is 0 Å². The van der Waals surface area contributed by atoms with E-state index in [-0.39, 0.29) is 0 Å². The molecule has 0 spiro atoms. The number of fused-ring (bicyclic) bond motifs is 5. The molecule has 4 aliphatic rings. The Hall–Kier alpha value is -3.20. The fourth-order valence-corrected chi connectivity index (χ4v) is 4.43. The Morgan fingerprint density at radius 1 is 0.968 bits per heavy atom. The molecule has 4 heterocycles. The first kappa shape index (κ1) is 21.0. The highest BCUT2D eigenvalue weighted by Gasteiger charge is 2.32. The van der Waals surface area contributed by atoms with Crippen molar-refractivity contribution < 1.29 is 24.2 Å². The summed E-state index contributed by atoms with van der Waals surface area (Å²) in [5, 5.41) is 24.3. The van der Waals surface area contributed by atoms with Gasteiger partial charge >= 0.3 is 18.0 Å². The second kappa shape index (κ2) is 9.30. The number of nitrogens with zero attached hydrogens (tertiary/aromatic N) is 4. The van der Waals surface area contributed by atoms with Crippen LogP contribution >= 0.6 is 0 Å². The SMILES string of the molecule is O=C(O)/C=C/C(=O)O.c1cc2c(cc1-c1nnc(N3CCN4CCC3CC4)o1)CCC2. The van der Waals surface area contributed by atoms with Crippen LogP contribution in [0.15, 0.2) is 34.8 Å². The Morgan fingerprint density at radius 3 is 2.39 bits per heavy atom. The molecule has 1 aliphatic carbocycles. The number of carboxylic acids is 2. The van der Waals surface area contributed by atoms with Gasteiger partial charge in [-0.15, -0.1) is 5.10 Å². The van der Waals surface area contributed by atoms with Crippen LogP contribution in [0.3, 0.4) is 0 Å². The van der Waals surface area contributed by atoms with Crippen LogP contribution in [0, 0.1) is 0 Å². The van der Waals surface area contributed by atoms with Crippen LogP contribution in [0.2, 0.25) is 0 Å². The molecule has 3 aliphatic heterocycles. The van der Waals surface area contributed by atoms with Crippen LogP contribution in [0.5, 0.6) is 0 Å². The van der Waals surface area contributed by atoms with Gasteiger partial charge in [0.25, 0.3) is 0 Å². The number of carboxylic acid groups (broad SMARTS) is 2. The molecule has 2 aromatic rings. The summed E-state index contributed by atoms with van der Waals surface area (Å²) in [5.41, 5.74) is 3.99. The maximum absolute atomic E-state index is 9.55. The topological polar surface area (TPSA) is 120 Å². The average Bonchev–Trinajstić information content (AvgIpc) is 3.34. The van der Waals surface area contributed by atoms with E-state index in [4.69, 9.17) is 14.6 Å². The molecule has 1 aromatic heterocycles. The molecule has 0 atom stereocenters. The van der Waals surface area contributed by atoms with Crippen molar-refractivity contribution in [2.24, 2.45) is 0 Å². The van der Waals surface area contributed by atoms with Gasteiger partial charge in [-0.3, -0.25) is 0 Å². The molecule has 0 amide bonds. The molecule has 0 radical (unpaired) electrons. The Labute approximate surface area is 180 Å². The van der Waals surface area contributed by atoms with Gasteiger partial charge in [0.15, 0.2) is 0 Å². The molecule has 2 bridgehead atoms. The van der Waals surface area contributed by atoms with Crippen molar-refractivity contribution >= 4 is 18.0 Å². The largest absolute Gasteiger partial charge is 0.478 e. The van der Waals surface area contributed by atoms with Crippen molar-refractivity contribution in [1.29, 1.82) is 0 Å². The van der Waals surface area contributed by atoms with Crippen LogP contribution in [0.25, 0.3) is 11.5 Å². The van der Waals surface area contributed by atoms with Gasteiger partial charge < -0.3 is 24.4 Å². The minimum Gasteiger partial charge on any atom is -0.478 e. The third kappa shape index (κ3) is 5.11. The Bertz CT molecular complexity index is 962. The number of anilines is 1. The zero-order chi connectivity index (χ0) is 21.8. The van der Waals surface area contributed by atoms with Gasteiger partial charge in [0.05, 0.1) is 0 Å². The van der Waals surface area contributed by atoms with Gasteiger partial charge in [-0.2, -0.15) is 0 Å². The molecular formula is C22H26N4O5. The van der Waals surface area contributed by atoms with Crippen LogP contribution < -0.4 is 4.90 Å². The Balaban J connectivity index is 0.000000250. The fourth-order valence-electron chi connectivity index (χ4n) is 4.43. The molecule has 0 saturated carbocycles. The Kier molecular flexibility index (Phi) is 6.31. The molecule has 3 fully saturated rings. The lowest BCUT2D eigenvalue weighted by molar-refractivity contribution is -0.134. The number of benzene rings is 1. The molecule has 3 saturated heterocycles. The molecule has 9 nitrogen and oxygen atoms in total. The monoisotopic (exact) mass is 426 g/mol. The third-order valence-corrected chi connectivity index (χ3v) is 6.03. The van der Waals surface area contributed by atoms with E-state index in [2.05, 4.69) is 38.2 Å². The molecule has 9 heteroatoms. The summed E-state index contributed by atoms with van der Waals surface area (Å²) in [6.45, 7) is 4.50. The summed E-state index contributed by atoms with van der Waals surface area (Å²) in [7, 11) is 0. The first-order chi connectivity index (χ1) is 15.0. The van der Waals surface area contributed by atoms with Crippen molar-refractivity contribution in [2.75, 3.05) is 31.1 Å². The molecule has 0 unspecified atom stereocenters. The summed E-state index contributed by atoms with van der Waals surface area (Å²) in [5.74, 6) is -1.85. The van der Waals surface area contributed by atoms with Gasteiger partial charge in [0, 0.05) is 49.9 Å². The number of aromatic nitrogens is 2. The van der Waals surface area contributed by atoms with E-state index >= 15 is 0 Å². The smallest absolute Gasteiger partial charge is 0.328 e. The van der Waals surface area contributed by atoms with E-state index in [1.54, 1.807) is 0 Å². The van der Waals surface area contributed by atoms with E-state index in [0.29, 0.717) is 30.1 Å². The van der Waals surface area contributed by atoms with Crippen molar-refractivity contribution in [2.45, 2.75) is 38.1 Å². The number of piperidine rings is 1. The van der Waals surface area contributed by atoms with Gasteiger partial charge in [0.1, 0.15) is 0 Å². The van der Waals surface area contributed by atoms with Gasteiger partial charge in [0.2, 0.25) is 5.89 Å². The van der Waals surface area contributed by atoms with Crippen molar-refractivity contribution in [3.8, 4) is 11.5 Å². The highest BCUT2D eigenvalue weighted by atomic mass is 16.4. The fraction of sp³-hybridized carbons (Fsp3) is 0.455. The molecular weight excluding hydrogens is 400 g/mol. The Morgan fingerprint density at radius 2 is 1.68 bits per heavy atom. The van der Waals surface area contributed by atoms with Gasteiger partial charge in [-0.05, 0) is 55.4 Å². The lowest BCUT2D eigenvalue weighted by atomic mass is 10.1. The first-order valence-corrected chi connectivity index (χ1v) is 10.6. The molecule has 6 rings (SSSR count). The second-order valence-corrected chi connectivity index (χ2v) is 8.00. The zero-order valence-corrected chi connectivity index (χ0v) is 17.2. The highest BCUT2D eigenvalue weighted by molar-refractivity contribution is 5.89. The van der Waals surface area contributed by atoms with Gasteiger partial charge in [-0.25, -0.2) is 9.59 Å². The van der Waals surface area contributed by atoms with E-state index in [9.17, 15) is 9.59 Å². The predicted octanol–water partition coefficient (Wildman–Crippen LogP) is 2.22. The average molecular weight is 426 g/mol. The van der Waals surface area contributed by atoms with Crippen LogP contribution in [0.1, 0.15) is 30.4 Å². The van der Waals surface area contributed by atoms with Crippen molar-refractivity contribution in [1.82, 2.24) is 15.1 Å². The van der Waals surface area contributed by atoms with Gasteiger partial charge in [-0.1, -0.05) is 11.2 Å². The van der Waals surface area contributed by atoms with Crippen LogP contribution in [-0.4, -0.2) is 69.5 Å². The quantitative estimate of drug-likeness (QED) is 0.709. The maximum atomic E-state index is 9.55. The molecule has 2 N–H and O–H groups in total. The zero-order valence-electron chi connectivity index (χ0n) is 17.2. The van der Waals surface area contributed by atoms with E-state index in [0.717, 1.165) is 18.7 Å². The summed E-state index contributed by atoms with van der Waals surface area (Å²) in [4.78, 5) is 24.0. The molecule has 164 valence electrons. The van der Waals surface area contributed by atoms with Crippen LogP contribution in [-0.2, 0) is 22.4 Å². The standard InChI is InChI=1S/C18H22N4O.C4H4O4/c1-2-13-4-5-15(12-14(13)3-1)17-19-20-18(23-17)22-11-10-21-8-6-16(22)7-9-21;5-3(6)1-2-4(7)8/h4-5,12,16H,1-3,6-11H2;1-2H,(H,5,6)(H,7,8)/b;2-1+. The second-order valence-electron chi connectivity index (χ2n) is 8.00. The minimum absolute atomic E-state index is 0.557. The summed E-state index contributed by atoms with van der Waals surface area (Å²) >= 11 is 0. The maximum Gasteiger partial charge on any atom is 0.328 e. The normalized spacial score (nSPS) is 22.0. The molecule has 1 aromatic carbocycles. The van der Waals surface area contributed by atoms with E-state index in [1.165, 1.54) is 56.3 Å². The van der Waals surface area contributed by atoms with E-state index in [1.807, 2.05) is 0 Å². The number of aryl methyl sites for hydroxylation is 2. The number of aliphatic carboxylic acids is 2. The lowest BCUT2D eigenvalue weighted by Gasteiger charge is -2.29. The molecule has 31 heavy (non-hydrogen) atoms. The number of carbonyl (C=O) groups is 2. The summed E-state index contributed by atoms with van der Waals surface area (Å²) in [6.07, 6.45) is 7.17. The minimum atomic E-state index is -1.26. The van der Waals surface area contributed by atoms with Crippen LogP contribution in [0.4, 0.5) is 6.01 Å². The first-order valence-electron chi connectivity index (χ1n) is 10.6. The summed E-state index contributed by atoms with van der Waals surface area (Å²) < 4.78 is 6.06. The number of rotatable bonds is 4. The number of hydrogen-bond acceptors (Lipinski definition) is 7. The lowest BCUT2D eigenvalue weighted by Crippen LogP contribution is -2.38. The predicted molar refractivity (Wildman–Crippen MR) is 113 cm³/mol. The summed E-state index contributed by atoms with van der Waals surface area (Å²) in [6, 6.07) is 7.85. The number of hydrogen-bond donors (Lipinski definition) is 2. The highest BCUT2D eigenvalue weighted by Crippen LogP contribution is 2.31. The third-order valence-electron chi connectivity index (χ3n) is 6.03. The van der Waals surface area contributed by atoms with Crippen molar-refractivity contribution in [3.05, 3.63) is 41.5 Å².